The number of aromatic hydroxyl groups is 1. The molecule has 5 nitrogen and oxygen atoms in total. The van der Waals surface area contributed by atoms with E-state index in [-0.39, 0.29) is 24.6 Å². The first kappa shape index (κ1) is 12.4. The van der Waals surface area contributed by atoms with Crippen LogP contribution < -0.4 is 5.69 Å². The maximum atomic E-state index is 11.7. The monoisotopic (exact) mass is 248 g/mol. The lowest BCUT2D eigenvalue weighted by atomic mass is 10.1. The molecule has 0 amide bonds. The second-order valence-corrected chi connectivity index (χ2v) is 4.28. The summed E-state index contributed by atoms with van der Waals surface area (Å²) in [5.74, 6) is -0.102. The molecule has 1 heterocycles. The van der Waals surface area contributed by atoms with Crippen molar-refractivity contribution in [3.05, 3.63) is 51.6 Å². The molecular weight excluding hydrogens is 232 g/mol. The fraction of sp³-hybridized carbons (Fsp3) is 0.308. The van der Waals surface area contributed by atoms with Crippen LogP contribution in [0.4, 0.5) is 0 Å². The second kappa shape index (κ2) is 5.10. The second-order valence-electron chi connectivity index (χ2n) is 4.28. The summed E-state index contributed by atoms with van der Waals surface area (Å²) in [6.45, 7) is 2.19. The molecule has 96 valence electrons. The number of hydrogen-bond acceptors (Lipinski definition) is 3. The lowest BCUT2D eigenvalue weighted by Gasteiger charge is -2.04. The lowest BCUT2D eigenvalue weighted by molar-refractivity contribution is 0.295. The van der Waals surface area contributed by atoms with Gasteiger partial charge in [0.15, 0.2) is 0 Å². The zero-order valence-corrected chi connectivity index (χ0v) is 10.2. The van der Waals surface area contributed by atoms with Crippen molar-refractivity contribution in [2.75, 3.05) is 6.61 Å². The highest BCUT2D eigenvalue weighted by atomic mass is 16.3. The summed E-state index contributed by atoms with van der Waals surface area (Å²) in [6, 6.07) is 7.75. The van der Waals surface area contributed by atoms with Crippen molar-refractivity contribution >= 4 is 0 Å². The molecule has 0 saturated heterocycles. The number of aromatic amines is 1. The van der Waals surface area contributed by atoms with E-state index in [4.69, 9.17) is 5.11 Å². The number of aliphatic hydroxyl groups is 1. The van der Waals surface area contributed by atoms with Crippen molar-refractivity contribution in [3.63, 3.8) is 0 Å². The van der Waals surface area contributed by atoms with Crippen LogP contribution in [-0.2, 0) is 13.0 Å². The Morgan fingerprint density at radius 2 is 1.94 bits per heavy atom. The van der Waals surface area contributed by atoms with E-state index in [0.29, 0.717) is 12.2 Å². The Labute approximate surface area is 104 Å². The van der Waals surface area contributed by atoms with Crippen LogP contribution >= 0.6 is 0 Å². The van der Waals surface area contributed by atoms with E-state index >= 15 is 0 Å². The third-order valence-corrected chi connectivity index (χ3v) is 2.85. The quantitative estimate of drug-likeness (QED) is 0.748. The molecule has 0 radical (unpaired) electrons. The minimum Gasteiger partial charge on any atom is -0.493 e. The van der Waals surface area contributed by atoms with Crippen LogP contribution in [0.1, 0.15) is 16.8 Å². The Morgan fingerprint density at radius 3 is 2.56 bits per heavy atom. The van der Waals surface area contributed by atoms with Gasteiger partial charge in [0, 0.05) is 13.0 Å². The summed E-state index contributed by atoms with van der Waals surface area (Å²) in [4.78, 5) is 14.2. The van der Waals surface area contributed by atoms with Gasteiger partial charge < -0.3 is 15.2 Å². The highest BCUT2D eigenvalue weighted by Gasteiger charge is 2.12. The average Bonchev–Trinajstić information content (AvgIpc) is 2.60. The van der Waals surface area contributed by atoms with Gasteiger partial charge in [-0.2, -0.15) is 0 Å². The summed E-state index contributed by atoms with van der Waals surface area (Å²) < 4.78 is 1.26. The fourth-order valence-corrected chi connectivity index (χ4v) is 1.82. The SMILES string of the molecule is Cc1ccc(Cn2c(O)c(CCO)[nH]c2=O)cc1. The smallest absolute Gasteiger partial charge is 0.328 e. The maximum Gasteiger partial charge on any atom is 0.328 e. The van der Waals surface area contributed by atoms with E-state index in [1.807, 2.05) is 31.2 Å². The van der Waals surface area contributed by atoms with Gasteiger partial charge in [-0.1, -0.05) is 29.8 Å². The molecule has 0 aliphatic rings. The molecule has 0 atom stereocenters. The molecule has 0 spiro atoms. The third-order valence-electron chi connectivity index (χ3n) is 2.85. The highest BCUT2D eigenvalue weighted by Crippen LogP contribution is 2.15. The molecule has 18 heavy (non-hydrogen) atoms. The lowest BCUT2D eigenvalue weighted by Crippen LogP contribution is -2.17. The van der Waals surface area contributed by atoms with Crippen molar-refractivity contribution in [3.8, 4) is 5.88 Å². The molecule has 0 bridgehead atoms. The van der Waals surface area contributed by atoms with Gasteiger partial charge >= 0.3 is 5.69 Å². The van der Waals surface area contributed by atoms with Gasteiger partial charge in [-0.3, -0.25) is 4.57 Å². The van der Waals surface area contributed by atoms with Crippen LogP contribution in [0.5, 0.6) is 5.88 Å². The molecule has 1 aromatic carbocycles. The largest absolute Gasteiger partial charge is 0.493 e. The number of rotatable bonds is 4. The summed E-state index contributed by atoms with van der Waals surface area (Å²) in [6.07, 6.45) is 0.238. The maximum absolute atomic E-state index is 11.7. The molecule has 0 unspecified atom stereocenters. The minimum absolute atomic E-state index is 0.102. The van der Waals surface area contributed by atoms with Crippen LogP contribution in [0.3, 0.4) is 0 Å². The Bertz CT molecular complexity index is 581. The van der Waals surface area contributed by atoms with E-state index in [9.17, 15) is 9.90 Å². The number of aliphatic hydroxyl groups excluding tert-OH is 1. The first-order valence-corrected chi connectivity index (χ1v) is 5.79. The molecule has 0 aliphatic heterocycles. The van der Waals surface area contributed by atoms with E-state index in [0.717, 1.165) is 11.1 Å². The average molecular weight is 248 g/mol. The number of nitrogens with zero attached hydrogens (tertiary/aromatic N) is 1. The van der Waals surface area contributed by atoms with Crippen molar-refractivity contribution in [2.45, 2.75) is 19.9 Å². The molecule has 1 aromatic heterocycles. The van der Waals surface area contributed by atoms with E-state index in [1.165, 1.54) is 4.57 Å². The van der Waals surface area contributed by atoms with Crippen LogP contribution in [0.25, 0.3) is 0 Å². The van der Waals surface area contributed by atoms with E-state index in [1.54, 1.807) is 0 Å². The number of imidazole rings is 1. The molecule has 3 N–H and O–H groups in total. The number of nitrogens with one attached hydrogen (secondary N) is 1. The molecule has 0 aliphatic carbocycles. The van der Waals surface area contributed by atoms with Crippen LogP contribution in [0.2, 0.25) is 0 Å². The Morgan fingerprint density at radius 1 is 1.28 bits per heavy atom. The Balaban J connectivity index is 2.29. The van der Waals surface area contributed by atoms with Crippen molar-refractivity contribution in [2.24, 2.45) is 0 Å². The van der Waals surface area contributed by atoms with E-state index in [2.05, 4.69) is 4.98 Å². The van der Waals surface area contributed by atoms with Crippen LogP contribution in [-0.4, -0.2) is 26.4 Å². The minimum atomic E-state index is -0.364. The van der Waals surface area contributed by atoms with Crippen molar-refractivity contribution in [1.29, 1.82) is 0 Å². The topological polar surface area (TPSA) is 78.2 Å². The molecule has 2 aromatic rings. The van der Waals surface area contributed by atoms with Crippen LogP contribution in [0, 0.1) is 6.92 Å². The van der Waals surface area contributed by atoms with Gasteiger partial charge in [-0.25, -0.2) is 4.79 Å². The standard InChI is InChI=1S/C13H16N2O3/c1-9-2-4-10(5-3-9)8-15-12(17)11(6-7-16)14-13(15)18/h2-5,16-17H,6-8H2,1H3,(H,14,18). The first-order valence-electron chi connectivity index (χ1n) is 5.79. The van der Waals surface area contributed by atoms with Gasteiger partial charge in [0.05, 0.1) is 12.2 Å². The summed E-state index contributed by atoms with van der Waals surface area (Å²) in [5.41, 5.74) is 2.09. The summed E-state index contributed by atoms with van der Waals surface area (Å²) in [7, 11) is 0. The predicted octanol–water partition coefficient (Wildman–Crippen LogP) is 0.774. The predicted molar refractivity (Wildman–Crippen MR) is 67.8 cm³/mol. The van der Waals surface area contributed by atoms with Crippen molar-refractivity contribution < 1.29 is 10.2 Å². The first-order chi connectivity index (χ1) is 8.61. The number of H-pyrrole nitrogens is 1. The molecule has 2 rings (SSSR count). The van der Waals surface area contributed by atoms with Crippen molar-refractivity contribution in [1.82, 2.24) is 9.55 Å². The Hall–Kier alpha value is -2.01. The fourth-order valence-electron chi connectivity index (χ4n) is 1.82. The van der Waals surface area contributed by atoms with Gasteiger partial charge in [-0.05, 0) is 12.5 Å². The number of benzene rings is 1. The third kappa shape index (κ3) is 2.46. The molecule has 5 heteroatoms. The zero-order chi connectivity index (χ0) is 13.1. The number of aromatic nitrogens is 2. The normalized spacial score (nSPS) is 10.8. The molecule has 0 saturated carbocycles. The number of hydrogen-bond donors (Lipinski definition) is 3. The van der Waals surface area contributed by atoms with Gasteiger partial charge in [0.25, 0.3) is 0 Å². The summed E-state index contributed by atoms with van der Waals surface area (Å²) in [5, 5.41) is 18.7. The van der Waals surface area contributed by atoms with E-state index < -0.39 is 0 Å². The summed E-state index contributed by atoms with van der Waals surface area (Å²) >= 11 is 0. The Kier molecular flexibility index (Phi) is 3.53. The molecule has 0 fully saturated rings. The van der Waals surface area contributed by atoms with Crippen LogP contribution in [0.15, 0.2) is 29.1 Å². The molecular formula is C13H16N2O3. The highest BCUT2D eigenvalue weighted by molar-refractivity contribution is 5.24. The van der Waals surface area contributed by atoms with Gasteiger partial charge in [0.1, 0.15) is 0 Å². The zero-order valence-electron chi connectivity index (χ0n) is 10.2. The number of aryl methyl sites for hydroxylation is 1. The van der Waals surface area contributed by atoms with Gasteiger partial charge in [-0.15, -0.1) is 0 Å². The van der Waals surface area contributed by atoms with Gasteiger partial charge in [0.2, 0.25) is 5.88 Å².